The molecule has 0 saturated heterocycles. The van der Waals surface area contributed by atoms with E-state index >= 15 is 0 Å². The van der Waals surface area contributed by atoms with Crippen molar-refractivity contribution in [1.29, 1.82) is 0 Å². The molecule has 7 nitrogen and oxygen atoms in total. The number of nitrogens with one attached hydrogen (secondary N) is 1. The van der Waals surface area contributed by atoms with Crippen molar-refractivity contribution in [3.05, 3.63) is 29.3 Å². The molecule has 0 fully saturated rings. The van der Waals surface area contributed by atoms with Crippen LogP contribution in [-0.4, -0.2) is 33.2 Å². The van der Waals surface area contributed by atoms with Gasteiger partial charge in [0.05, 0.1) is 23.0 Å². The van der Waals surface area contributed by atoms with Crippen LogP contribution in [0.5, 0.6) is 5.88 Å². The van der Waals surface area contributed by atoms with Gasteiger partial charge in [-0.05, 0) is 38.0 Å². The minimum atomic E-state index is -0.0669. The molecule has 0 unspecified atom stereocenters. The van der Waals surface area contributed by atoms with Gasteiger partial charge in [0, 0.05) is 30.5 Å². The summed E-state index contributed by atoms with van der Waals surface area (Å²) < 4.78 is 1.84. The lowest BCUT2D eigenvalue weighted by atomic mass is 10.0. The van der Waals surface area contributed by atoms with Crippen molar-refractivity contribution in [3.63, 3.8) is 0 Å². The van der Waals surface area contributed by atoms with Crippen LogP contribution in [0.1, 0.15) is 57.6 Å². The molecule has 2 heterocycles. The summed E-state index contributed by atoms with van der Waals surface area (Å²) in [5.74, 6) is 0.110. The van der Waals surface area contributed by atoms with E-state index in [1.54, 1.807) is 6.21 Å². The molecule has 0 saturated carbocycles. The molecule has 1 aromatic heterocycles. The van der Waals surface area contributed by atoms with Gasteiger partial charge in [-0.25, -0.2) is 5.43 Å². The Morgan fingerprint density at radius 2 is 2.19 bits per heavy atom. The number of aromatic nitrogens is 1. The van der Waals surface area contributed by atoms with Gasteiger partial charge in [-0.15, -0.1) is 0 Å². The lowest BCUT2D eigenvalue weighted by Gasteiger charge is -2.12. The van der Waals surface area contributed by atoms with E-state index in [9.17, 15) is 9.90 Å². The van der Waals surface area contributed by atoms with Crippen molar-refractivity contribution in [2.45, 2.75) is 53.0 Å². The third-order valence-electron chi connectivity index (χ3n) is 4.66. The minimum Gasteiger partial charge on any atom is -0.494 e. The Bertz CT molecular complexity index is 953. The fraction of sp³-hybridized carbons (Fsp3) is 0.400. The summed E-state index contributed by atoms with van der Waals surface area (Å²) in [5.41, 5.74) is 6.82. The zero-order chi connectivity index (χ0) is 19.4. The van der Waals surface area contributed by atoms with Gasteiger partial charge >= 0.3 is 0 Å². The molecule has 0 radical (unpaired) electrons. The molecule has 7 heteroatoms. The van der Waals surface area contributed by atoms with Gasteiger partial charge in [0.25, 0.3) is 0 Å². The molecule has 1 aromatic carbocycles. The SMILES string of the molecule is CCCC(C)=NN=Cc1c(O)n(CC)c2ccc(C3=NNC(=O)CC3)cc12. The molecule has 27 heavy (non-hydrogen) atoms. The molecule has 0 spiro atoms. The van der Waals surface area contributed by atoms with Gasteiger partial charge in [0.1, 0.15) is 0 Å². The first kappa shape index (κ1) is 18.8. The fourth-order valence-corrected chi connectivity index (χ4v) is 3.27. The minimum absolute atomic E-state index is 0.0669. The highest BCUT2D eigenvalue weighted by Gasteiger charge is 2.18. The van der Waals surface area contributed by atoms with Gasteiger partial charge < -0.3 is 9.67 Å². The first-order valence-corrected chi connectivity index (χ1v) is 9.32. The predicted octanol–water partition coefficient (Wildman–Crippen LogP) is 3.58. The molecule has 142 valence electrons. The van der Waals surface area contributed by atoms with Gasteiger partial charge in [-0.3, -0.25) is 4.79 Å². The average molecular weight is 367 g/mol. The summed E-state index contributed by atoms with van der Waals surface area (Å²) in [6.07, 6.45) is 4.56. The second kappa shape index (κ2) is 8.16. The van der Waals surface area contributed by atoms with Crippen molar-refractivity contribution in [2.75, 3.05) is 0 Å². The number of nitrogens with zero attached hydrogens (tertiary/aromatic N) is 4. The largest absolute Gasteiger partial charge is 0.494 e. The number of hydrogen-bond acceptors (Lipinski definition) is 5. The van der Waals surface area contributed by atoms with E-state index in [2.05, 4.69) is 27.7 Å². The Balaban J connectivity index is 2.05. The van der Waals surface area contributed by atoms with Crippen molar-refractivity contribution in [1.82, 2.24) is 9.99 Å². The Morgan fingerprint density at radius 1 is 1.37 bits per heavy atom. The first-order valence-electron chi connectivity index (χ1n) is 9.32. The zero-order valence-electron chi connectivity index (χ0n) is 16.0. The summed E-state index contributed by atoms with van der Waals surface area (Å²) in [5, 5.41) is 24.1. The highest BCUT2D eigenvalue weighted by molar-refractivity contribution is 6.09. The summed E-state index contributed by atoms with van der Waals surface area (Å²) in [6, 6.07) is 5.92. The number of benzene rings is 1. The Labute approximate surface area is 158 Å². The van der Waals surface area contributed by atoms with Gasteiger partial charge in [-0.1, -0.05) is 19.4 Å². The van der Waals surface area contributed by atoms with E-state index in [1.807, 2.05) is 36.6 Å². The molecule has 1 amide bonds. The van der Waals surface area contributed by atoms with Crippen molar-refractivity contribution in [2.24, 2.45) is 15.3 Å². The van der Waals surface area contributed by atoms with Crippen molar-refractivity contribution in [3.8, 4) is 5.88 Å². The van der Waals surface area contributed by atoms with Gasteiger partial charge in [0.15, 0.2) is 0 Å². The summed E-state index contributed by atoms with van der Waals surface area (Å²) in [7, 11) is 0. The second-order valence-corrected chi connectivity index (χ2v) is 6.64. The monoisotopic (exact) mass is 367 g/mol. The Kier molecular flexibility index (Phi) is 5.69. The van der Waals surface area contributed by atoms with Crippen molar-refractivity contribution < 1.29 is 9.90 Å². The highest BCUT2D eigenvalue weighted by atomic mass is 16.3. The van der Waals surface area contributed by atoms with Crippen LogP contribution in [0, 0.1) is 0 Å². The molecule has 1 aliphatic rings. The van der Waals surface area contributed by atoms with E-state index < -0.39 is 0 Å². The molecule has 0 atom stereocenters. The summed E-state index contributed by atoms with van der Waals surface area (Å²) >= 11 is 0. The lowest BCUT2D eigenvalue weighted by Crippen LogP contribution is -2.25. The van der Waals surface area contributed by atoms with Gasteiger partial charge in [0.2, 0.25) is 11.8 Å². The summed E-state index contributed by atoms with van der Waals surface area (Å²) in [4.78, 5) is 11.3. The Morgan fingerprint density at radius 3 is 2.85 bits per heavy atom. The second-order valence-electron chi connectivity index (χ2n) is 6.64. The van der Waals surface area contributed by atoms with Crippen LogP contribution in [0.2, 0.25) is 0 Å². The maximum atomic E-state index is 11.3. The number of carbonyl (C=O) groups is 1. The predicted molar refractivity (Wildman–Crippen MR) is 109 cm³/mol. The first-order chi connectivity index (χ1) is 13.0. The topological polar surface area (TPSA) is 91.3 Å². The normalized spacial score (nSPS) is 15.4. The van der Waals surface area contributed by atoms with Crippen LogP contribution in [0.25, 0.3) is 10.9 Å². The number of fused-ring (bicyclic) bond motifs is 1. The van der Waals surface area contributed by atoms with Gasteiger partial charge in [-0.2, -0.15) is 15.3 Å². The molecule has 1 aliphatic heterocycles. The highest BCUT2D eigenvalue weighted by Crippen LogP contribution is 2.31. The van der Waals surface area contributed by atoms with E-state index in [-0.39, 0.29) is 11.8 Å². The van der Waals surface area contributed by atoms with Crippen LogP contribution >= 0.6 is 0 Å². The van der Waals surface area contributed by atoms with Crippen LogP contribution in [0.4, 0.5) is 0 Å². The Hall–Kier alpha value is -2.96. The number of aromatic hydroxyl groups is 1. The quantitative estimate of drug-likeness (QED) is 0.603. The van der Waals surface area contributed by atoms with Crippen LogP contribution in [0.3, 0.4) is 0 Å². The fourth-order valence-electron chi connectivity index (χ4n) is 3.27. The van der Waals surface area contributed by atoms with Crippen LogP contribution in [0.15, 0.2) is 33.5 Å². The van der Waals surface area contributed by atoms with Crippen LogP contribution in [-0.2, 0) is 11.3 Å². The molecular formula is C20H25N5O2. The smallest absolute Gasteiger partial charge is 0.240 e. The molecule has 2 N–H and O–H groups in total. The van der Waals surface area contributed by atoms with E-state index in [0.717, 1.165) is 40.7 Å². The van der Waals surface area contributed by atoms with E-state index in [4.69, 9.17) is 0 Å². The number of amides is 1. The third kappa shape index (κ3) is 3.92. The lowest BCUT2D eigenvalue weighted by molar-refractivity contribution is -0.121. The number of hydrogen-bond donors (Lipinski definition) is 2. The maximum absolute atomic E-state index is 11.3. The molecular weight excluding hydrogens is 342 g/mol. The zero-order valence-corrected chi connectivity index (χ0v) is 16.0. The number of hydrazone groups is 1. The molecule has 2 aromatic rings. The molecule has 3 rings (SSSR count). The maximum Gasteiger partial charge on any atom is 0.240 e. The number of rotatable bonds is 6. The van der Waals surface area contributed by atoms with Crippen molar-refractivity contribution >= 4 is 34.4 Å². The number of carbonyl (C=O) groups excluding carboxylic acids is 1. The molecule has 0 aliphatic carbocycles. The van der Waals surface area contributed by atoms with E-state index in [0.29, 0.717) is 24.9 Å². The molecule has 0 bridgehead atoms. The number of aryl methyl sites for hydroxylation is 1. The third-order valence-corrected chi connectivity index (χ3v) is 4.66. The van der Waals surface area contributed by atoms with E-state index in [1.165, 1.54) is 0 Å². The summed E-state index contributed by atoms with van der Waals surface area (Å²) in [6.45, 7) is 6.67. The van der Waals surface area contributed by atoms with Crippen LogP contribution < -0.4 is 5.43 Å². The standard InChI is InChI=1S/C20H25N5O2/c1-4-6-13(3)22-21-12-16-15-11-14(17-8-10-19(26)24-23-17)7-9-18(15)25(5-2)20(16)27/h7,9,11-12,27H,4-6,8,10H2,1-3H3,(H,24,26). The average Bonchev–Trinajstić information content (AvgIpc) is 2.93.